The van der Waals surface area contributed by atoms with Crippen LogP contribution in [0, 0.1) is 5.92 Å². The summed E-state index contributed by atoms with van der Waals surface area (Å²) in [6.07, 6.45) is 3.92. The summed E-state index contributed by atoms with van der Waals surface area (Å²) in [5.41, 5.74) is 1.48. The third-order valence-corrected chi connectivity index (χ3v) is 4.46. The lowest BCUT2D eigenvalue weighted by Gasteiger charge is -2.32. The first kappa shape index (κ1) is 14.0. The maximum atomic E-state index is 3.71. The number of thiophene rings is 1. The molecule has 1 fully saturated rings. The van der Waals surface area contributed by atoms with E-state index in [9.17, 15) is 0 Å². The molecule has 1 aliphatic rings. The fraction of sp³-hybridized carbons (Fsp3) is 0.733. The van der Waals surface area contributed by atoms with Crippen molar-refractivity contribution < 1.29 is 0 Å². The summed E-state index contributed by atoms with van der Waals surface area (Å²) in [7, 11) is 0. The van der Waals surface area contributed by atoms with Gasteiger partial charge in [0.25, 0.3) is 0 Å². The Morgan fingerprint density at radius 1 is 1.39 bits per heavy atom. The smallest absolute Gasteiger partial charge is 0.0242 e. The van der Waals surface area contributed by atoms with Gasteiger partial charge in [0.15, 0.2) is 0 Å². The van der Waals surface area contributed by atoms with Crippen molar-refractivity contribution >= 4 is 11.3 Å². The Morgan fingerprint density at radius 3 is 2.78 bits per heavy atom. The van der Waals surface area contributed by atoms with E-state index >= 15 is 0 Å². The average molecular weight is 266 g/mol. The number of rotatable bonds is 6. The third-order valence-electron chi connectivity index (χ3n) is 3.73. The molecule has 0 unspecified atom stereocenters. The molecule has 2 rings (SSSR count). The van der Waals surface area contributed by atoms with E-state index in [4.69, 9.17) is 0 Å². The molecule has 2 nitrogen and oxygen atoms in total. The Hall–Kier alpha value is -0.380. The molecule has 0 saturated carbocycles. The number of hydrogen-bond acceptors (Lipinski definition) is 3. The fourth-order valence-electron chi connectivity index (χ4n) is 2.51. The van der Waals surface area contributed by atoms with Crippen molar-refractivity contribution in [3.8, 4) is 0 Å². The van der Waals surface area contributed by atoms with Gasteiger partial charge in [-0.3, -0.25) is 4.90 Å². The van der Waals surface area contributed by atoms with Crippen LogP contribution in [0.5, 0.6) is 0 Å². The molecular formula is C15H26N2S. The first-order valence-corrected chi connectivity index (χ1v) is 8.15. The molecular weight excluding hydrogens is 240 g/mol. The summed E-state index contributed by atoms with van der Waals surface area (Å²) in [6.45, 7) is 9.41. The molecule has 0 aliphatic carbocycles. The molecule has 0 atom stereocenters. The summed E-state index contributed by atoms with van der Waals surface area (Å²) >= 11 is 1.80. The van der Waals surface area contributed by atoms with Crippen molar-refractivity contribution in [1.29, 1.82) is 0 Å². The summed E-state index contributed by atoms with van der Waals surface area (Å²) in [4.78, 5) is 2.59. The summed E-state index contributed by atoms with van der Waals surface area (Å²) in [5.74, 6) is 0.816. The van der Waals surface area contributed by atoms with Crippen LogP contribution in [-0.4, -0.2) is 30.6 Å². The van der Waals surface area contributed by atoms with Gasteiger partial charge < -0.3 is 5.32 Å². The van der Waals surface area contributed by atoms with Gasteiger partial charge in [-0.25, -0.2) is 0 Å². The zero-order chi connectivity index (χ0) is 12.8. The van der Waals surface area contributed by atoms with Crippen molar-refractivity contribution in [2.75, 3.05) is 19.6 Å². The summed E-state index contributed by atoms with van der Waals surface area (Å²) < 4.78 is 0. The van der Waals surface area contributed by atoms with Crippen LogP contribution in [0.25, 0.3) is 0 Å². The van der Waals surface area contributed by atoms with Crippen LogP contribution in [0.1, 0.15) is 38.7 Å². The van der Waals surface area contributed by atoms with Crippen molar-refractivity contribution in [2.24, 2.45) is 5.92 Å². The van der Waals surface area contributed by atoms with Gasteiger partial charge in [0.1, 0.15) is 0 Å². The second kappa shape index (κ2) is 7.27. The first-order valence-electron chi connectivity index (χ1n) is 7.21. The molecule has 18 heavy (non-hydrogen) atoms. The SMILES string of the molecule is CC(C)CCNC1CCN(Cc2ccsc2)CC1. The second-order valence-electron chi connectivity index (χ2n) is 5.82. The second-order valence-corrected chi connectivity index (χ2v) is 6.60. The van der Waals surface area contributed by atoms with Gasteiger partial charge in [0.2, 0.25) is 0 Å². The Balaban J connectivity index is 1.62. The van der Waals surface area contributed by atoms with Gasteiger partial charge in [0, 0.05) is 12.6 Å². The van der Waals surface area contributed by atoms with Crippen LogP contribution in [-0.2, 0) is 6.54 Å². The lowest BCUT2D eigenvalue weighted by Crippen LogP contribution is -2.42. The van der Waals surface area contributed by atoms with Crippen LogP contribution < -0.4 is 5.32 Å². The van der Waals surface area contributed by atoms with E-state index in [0.717, 1.165) is 18.5 Å². The number of nitrogens with zero attached hydrogens (tertiary/aromatic N) is 1. The van der Waals surface area contributed by atoms with Crippen LogP contribution in [0.3, 0.4) is 0 Å². The minimum Gasteiger partial charge on any atom is -0.314 e. The maximum Gasteiger partial charge on any atom is 0.0242 e. The molecule has 0 amide bonds. The average Bonchev–Trinajstić information content (AvgIpc) is 2.84. The van der Waals surface area contributed by atoms with Gasteiger partial charge in [-0.1, -0.05) is 13.8 Å². The van der Waals surface area contributed by atoms with E-state index in [1.807, 2.05) is 0 Å². The van der Waals surface area contributed by atoms with E-state index in [1.54, 1.807) is 11.3 Å². The Labute approximate surface area is 115 Å². The predicted octanol–water partition coefficient (Wildman–Crippen LogP) is 3.35. The van der Waals surface area contributed by atoms with Gasteiger partial charge >= 0.3 is 0 Å². The highest BCUT2D eigenvalue weighted by Gasteiger charge is 2.18. The molecule has 1 aliphatic heterocycles. The molecule has 0 radical (unpaired) electrons. The largest absolute Gasteiger partial charge is 0.314 e. The quantitative estimate of drug-likeness (QED) is 0.849. The van der Waals surface area contributed by atoms with Gasteiger partial charge in [-0.05, 0) is 67.2 Å². The molecule has 1 aromatic rings. The highest BCUT2D eigenvalue weighted by atomic mass is 32.1. The summed E-state index contributed by atoms with van der Waals surface area (Å²) in [5, 5.41) is 8.15. The minimum atomic E-state index is 0.752. The number of nitrogens with one attached hydrogen (secondary N) is 1. The Bertz CT molecular complexity index is 313. The van der Waals surface area contributed by atoms with Crippen molar-refractivity contribution in [3.05, 3.63) is 22.4 Å². The lowest BCUT2D eigenvalue weighted by atomic mass is 10.0. The molecule has 2 heterocycles. The monoisotopic (exact) mass is 266 g/mol. The predicted molar refractivity (Wildman–Crippen MR) is 80.1 cm³/mol. The Morgan fingerprint density at radius 2 is 2.17 bits per heavy atom. The van der Waals surface area contributed by atoms with Gasteiger partial charge in [-0.15, -0.1) is 0 Å². The normalized spacial score (nSPS) is 18.6. The minimum absolute atomic E-state index is 0.752. The van der Waals surface area contributed by atoms with E-state index in [-0.39, 0.29) is 0 Å². The maximum absolute atomic E-state index is 3.71. The highest BCUT2D eigenvalue weighted by molar-refractivity contribution is 7.07. The topological polar surface area (TPSA) is 15.3 Å². The molecule has 1 aromatic heterocycles. The molecule has 3 heteroatoms. The van der Waals surface area contributed by atoms with Gasteiger partial charge in [-0.2, -0.15) is 11.3 Å². The zero-order valence-electron chi connectivity index (χ0n) is 11.7. The van der Waals surface area contributed by atoms with Crippen molar-refractivity contribution in [1.82, 2.24) is 10.2 Å². The third kappa shape index (κ3) is 4.71. The molecule has 1 N–H and O–H groups in total. The van der Waals surface area contributed by atoms with Crippen LogP contribution in [0.2, 0.25) is 0 Å². The molecule has 0 bridgehead atoms. The Kier molecular flexibility index (Phi) is 5.67. The van der Waals surface area contributed by atoms with Crippen molar-refractivity contribution in [2.45, 2.75) is 45.7 Å². The van der Waals surface area contributed by atoms with Crippen LogP contribution in [0.4, 0.5) is 0 Å². The number of piperidine rings is 1. The van der Waals surface area contributed by atoms with E-state index in [0.29, 0.717) is 0 Å². The number of hydrogen-bond donors (Lipinski definition) is 1. The van der Waals surface area contributed by atoms with E-state index in [1.165, 1.54) is 44.5 Å². The highest BCUT2D eigenvalue weighted by Crippen LogP contribution is 2.15. The van der Waals surface area contributed by atoms with Crippen molar-refractivity contribution in [3.63, 3.8) is 0 Å². The van der Waals surface area contributed by atoms with Gasteiger partial charge in [0.05, 0.1) is 0 Å². The molecule has 102 valence electrons. The van der Waals surface area contributed by atoms with E-state index < -0.39 is 0 Å². The van der Waals surface area contributed by atoms with Crippen LogP contribution in [0.15, 0.2) is 16.8 Å². The zero-order valence-corrected chi connectivity index (χ0v) is 12.5. The standard InChI is InChI=1S/C15H26N2S/c1-13(2)3-7-16-15-4-8-17(9-5-15)11-14-6-10-18-12-14/h6,10,12-13,15-16H,3-5,7-9,11H2,1-2H3. The number of likely N-dealkylation sites (tertiary alicyclic amines) is 1. The lowest BCUT2D eigenvalue weighted by molar-refractivity contribution is 0.190. The fourth-order valence-corrected chi connectivity index (χ4v) is 3.17. The molecule has 0 aromatic carbocycles. The first-order chi connectivity index (χ1) is 8.74. The molecule has 0 spiro atoms. The van der Waals surface area contributed by atoms with Crippen LogP contribution >= 0.6 is 11.3 Å². The summed E-state index contributed by atoms with van der Waals surface area (Å²) in [6, 6.07) is 3.00. The van der Waals surface area contributed by atoms with E-state index in [2.05, 4.69) is 40.9 Å². The molecule has 1 saturated heterocycles.